The largest absolute Gasteiger partial charge is 0.493 e. The molecule has 0 aliphatic heterocycles. The Bertz CT molecular complexity index is 1130. The third-order valence-electron chi connectivity index (χ3n) is 3.99. The summed E-state index contributed by atoms with van der Waals surface area (Å²) in [5, 5.41) is 10.7. The van der Waals surface area contributed by atoms with E-state index < -0.39 is 12.1 Å². The number of hydrogen-bond donors (Lipinski definition) is 2. The first-order valence-electron chi connectivity index (χ1n) is 9.17. The first-order valence-corrected chi connectivity index (χ1v) is 9.17. The standard InChI is InChI=1S/C18H18N4O3.C2HF3O2/c1-22-14-6-3-2-5-13(14)15(11-18(22)24)25-10-4-7-17(23)21-16-12-19-8-9-20-16;3-2(4,5)1(6)7/h2-3,5-6,8-9,11-12H,4,7,10H2,1H3,(H,20,21,23);(H,6,7). The van der Waals surface area contributed by atoms with Crippen molar-refractivity contribution in [3.05, 3.63) is 59.3 Å². The van der Waals surface area contributed by atoms with E-state index in [0.717, 1.165) is 10.9 Å². The van der Waals surface area contributed by atoms with Gasteiger partial charge in [-0.2, -0.15) is 13.2 Å². The highest BCUT2D eigenvalue weighted by molar-refractivity contribution is 5.89. The molecule has 0 unspecified atom stereocenters. The van der Waals surface area contributed by atoms with Crippen molar-refractivity contribution in [1.82, 2.24) is 14.5 Å². The number of fused-ring (bicyclic) bond motifs is 1. The lowest BCUT2D eigenvalue weighted by molar-refractivity contribution is -0.192. The van der Waals surface area contributed by atoms with Crippen LogP contribution in [-0.4, -0.2) is 44.3 Å². The number of ether oxygens (including phenoxy) is 1. The second-order valence-corrected chi connectivity index (χ2v) is 6.32. The number of carboxylic acids is 1. The zero-order chi connectivity index (χ0) is 23.7. The third kappa shape index (κ3) is 7.07. The summed E-state index contributed by atoms with van der Waals surface area (Å²) in [6.07, 6.45) is 0.271. The molecule has 2 heterocycles. The van der Waals surface area contributed by atoms with Crippen LogP contribution in [0.3, 0.4) is 0 Å². The lowest BCUT2D eigenvalue weighted by Gasteiger charge is -2.11. The van der Waals surface area contributed by atoms with Crippen molar-refractivity contribution in [2.24, 2.45) is 7.05 Å². The Labute approximate surface area is 179 Å². The summed E-state index contributed by atoms with van der Waals surface area (Å²) in [6.45, 7) is 0.338. The van der Waals surface area contributed by atoms with Crippen LogP contribution in [0.4, 0.5) is 19.0 Å². The van der Waals surface area contributed by atoms with E-state index in [4.69, 9.17) is 14.6 Å². The molecule has 0 spiro atoms. The summed E-state index contributed by atoms with van der Waals surface area (Å²) in [5.41, 5.74) is 0.680. The van der Waals surface area contributed by atoms with E-state index in [1.807, 2.05) is 24.3 Å². The minimum Gasteiger partial charge on any atom is -0.493 e. The van der Waals surface area contributed by atoms with Gasteiger partial charge in [0.2, 0.25) is 5.91 Å². The van der Waals surface area contributed by atoms with Gasteiger partial charge in [-0.15, -0.1) is 0 Å². The van der Waals surface area contributed by atoms with Crippen LogP contribution >= 0.6 is 0 Å². The number of nitrogens with one attached hydrogen (secondary N) is 1. The minimum atomic E-state index is -5.08. The van der Waals surface area contributed by atoms with E-state index in [-0.39, 0.29) is 11.5 Å². The van der Waals surface area contributed by atoms with Crippen LogP contribution in [0.5, 0.6) is 5.75 Å². The Morgan fingerprint density at radius 2 is 1.91 bits per heavy atom. The number of aryl methyl sites for hydroxylation is 1. The number of carbonyl (C=O) groups is 2. The molecule has 9 nitrogen and oxygen atoms in total. The SMILES string of the molecule is Cn1c(=O)cc(OCCCC(=O)Nc2cnccn2)c2ccccc21.O=C(O)C(F)(F)F. The molecule has 2 aromatic heterocycles. The summed E-state index contributed by atoms with van der Waals surface area (Å²) in [7, 11) is 1.73. The van der Waals surface area contributed by atoms with E-state index in [9.17, 15) is 22.8 Å². The molecular formula is C20H19F3N4O5. The van der Waals surface area contributed by atoms with Crippen LogP contribution in [-0.2, 0) is 16.6 Å². The van der Waals surface area contributed by atoms with Crippen molar-refractivity contribution in [2.75, 3.05) is 11.9 Å². The number of benzene rings is 1. The van der Waals surface area contributed by atoms with Gasteiger partial charge in [0.1, 0.15) is 5.75 Å². The maximum atomic E-state index is 12.0. The second kappa shape index (κ2) is 10.9. The molecular weight excluding hydrogens is 433 g/mol. The summed E-state index contributed by atoms with van der Waals surface area (Å²) in [6, 6.07) is 9.03. The molecule has 12 heteroatoms. The highest BCUT2D eigenvalue weighted by Crippen LogP contribution is 2.23. The van der Waals surface area contributed by atoms with Crippen LogP contribution in [0.15, 0.2) is 53.7 Å². The summed E-state index contributed by atoms with van der Waals surface area (Å²) in [5.74, 6) is -1.95. The predicted octanol–water partition coefficient (Wildman–Crippen LogP) is 2.76. The van der Waals surface area contributed by atoms with E-state index in [1.54, 1.807) is 11.6 Å². The highest BCUT2D eigenvalue weighted by atomic mass is 19.4. The molecule has 170 valence electrons. The molecule has 0 radical (unpaired) electrons. The molecule has 3 rings (SSSR count). The number of para-hydroxylation sites is 1. The smallest absolute Gasteiger partial charge is 0.490 e. The first kappa shape index (κ1) is 24.3. The molecule has 0 bridgehead atoms. The van der Waals surface area contributed by atoms with Crippen molar-refractivity contribution >= 4 is 28.6 Å². The van der Waals surface area contributed by atoms with Crippen molar-refractivity contribution < 1.29 is 32.6 Å². The number of carboxylic acid groups (broad SMARTS) is 1. The number of halogens is 3. The molecule has 0 aliphatic rings. The fourth-order valence-corrected chi connectivity index (χ4v) is 2.48. The first-order chi connectivity index (χ1) is 15.1. The molecule has 0 atom stereocenters. The van der Waals surface area contributed by atoms with Crippen molar-refractivity contribution in [2.45, 2.75) is 19.0 Å². The average Bonchev–Trinajstić information content (AvgIpc) is 2.75. The quantitative estimate of drug-likeness (QED) is 0.551. The number of pyridine rings is 1. The van der Waals surface area contributed by atoms with Gasteiger partial charge in [-0.05, 0) is 18.6 Å². The van der Waals surface area contributed by atoms with Crippen LogP contribution < -0.4 is 15.6 Å². The third-order valence-corrected chi connectivity index (χ3v) is 3.99. The maximum Gasteiger partial charge on any atom is 0.490 e. The van der Waals surface area contributed by atoms with E-state index in [2.05, 4.69) is 15.3 Å². The predicted molar refractivity (Wildman–Crippen MR) is 108 cm³/mol. The molecule has 0 saturated carbocycles. The van der Waals surface area contributed by atoms with Gasteiger partial charge in [0.15, 0.2) is 5.82 Å². The van der Waals surface area contributed by atoms with E-state index in [0.29, 0.717) is 31.0 Å². The molecule has 32 heavy (non-hydrogen) atoms. The number of alkyl halides is 3. The fourth-order valence-electron chi connectivity index (χ4n) is 2.48. The topological polar surface area (TPSA) is 123 Å². The zero-order valence-corrected chi connectivity index (χ0v) is 16.8. The molecule has 3 aromatic rings. The minimum absolute atomic E-state index is 0.130. The average molecular weight is 452 g/mol. The number of nitrogens with zero attached hydrogens (tertiary/aromatic N) is 3. The Hall–Kier alpha value is -3.96. The monoisotopic (exact) mass is 452 g/mol. The lowest BCUT2D eigenvalue weighted by Crippen LogP contribution is -2.21. The van der Waals surface area contributed by atoms with Gasteiger partial charge in [0.25, 0.3) is 5.56 Å². The van der Waals surface area contributed by atoms with Gasteiger partial charge in [-0.25, -0.2) is 9.78 Å². The fraction of sp³-hybridized carbons (Fsp3) is 0.250. The molecule has 0 fully saturated rings. The van der Waals surface area contributed by atoms with Crippen molar-refractivity contribution in [3.8, 4) is 5.75 Å². The van der Waals surface area contributed by atoms with Crippen molar-refractivity contribution in [1.29, 1.82) is 0 Å². The van der Waals surface area contributed by atoms with E-state index >= 15 is 0 Å². The lowest BCUT2D eigenvalue weighted by atomic mass is 10.2. The number of aromatic nitrogens is 3. The number of anilines is 1. The number of amides is 1. The van der Waals surface area contributed by atoms with Crippen LogP contribution in [0.25, 0.3) is 10.9 Å². The Morgan fingerprint density at radius 1 is 1.22 bits per heavy atom. The molecule has 1 amide bonds. The zero-order valence-electron chi connectivity index (χ0n) is 16.8. The van der Waals surface area contributed by atoms with Crippen molar-refractivity contribution in [3.63, 3.8) is 0 Å². The summed E-state index contributed by atoms with van der Waals surface area (Å²) < 4.78 is 39.1. The number of carbonyl (C=O) groups excluding carboxylic acids is 1. The number of rotatable bonds is 6. The normalized spacial score (nSPS) is 10.8. The van der Waals surface area contributed by atoms with Gasteiger partial charge < -0.3 is 19.7 Å². The maximum absolute atomic E-state index is 12.0. The second-order valence-electron chi connectivity index (χ2n) is 6.32. The number of aliphatic carboxylic acids is 1. The van der Waals surface area contributed by atoms with Gasteiger partial charge in [-0.1, -0.05) is 12.1 Å². The van der Waals surface area contributed by atoms with E-state index in [1.165, 1.54) is 24.7 Å². The molecule has 1 aromatic carbocycles. The van der Waals surface area contributed by atoms with Crippen LogP contribution in [0.2, 0.25) is 0 Å². The molecule has 2 N–H and O–H groups in total. The highest BCUT2D eigenvalue weighted by Gasteiger charge is 2.38. The van der Waals surface area contributed by atoms with Crippen LogP contribution in [0, 0.1) is 0 Å². The summed E-state index contributed by atoms with van der Waals surface area (Å²) in [4.78, 5) is 40.6. The van der Waals surface area contributed by atoms with Gasteiger partial charge in [0, 0.05) is 37.3 Å². The molecule has 0 saturated heterocycles. The Balaban J connectivity index is 0.000000451. The number of hydrogen-bond acceptors (Lipinski definition) is 6. The summed E-state index contributed by atoms with van der Waals surface area (Å²) >= 11 is 0. The Morgan fingerprint density at radius 3 is 2.53 bits per heavy atom. The van der Waals surface area contributed by atoms with Gasteiger partial charge >= 0.3 is 12.1 Å². The van der Waals surface area contributed by atoms with Crippen LogP contribution in [0.1, 0.15) is 12.8 Å². The Kier molecular flexibility index (Phi) is 8.27. The van der Waals surface area contributed by atoms with Gasteiger partial charge in [-0.3, -0.25) is 14.6 Å². The molecule has 0 aliphatic carbocycles. The van der Waals surface area contributed by atoms with Gasteiger partial charge in [0.05, 0.1) is 18.3 Å².